The smallest absolute Gasteiger partial charge is 0.249 e. The number of benzene rings is 2. The molecular weight excluding hydrogens is 430 g/mol. The Morgan fingerprint density at radius 3 is 2.71 bits per heavy atom. The van der Waals surface area contributed by atoms with Crippen LogP contribution in [0.3, 0.4) is 0 Å². The maximum absolute atomic E-state index is 12.5. The number of amides is 2. The first-order valence-electron chi connectivity index (χ1n) is 12.1. The highest BCUT2D eigenvalue weighted by Gasteiger charge is 2.33. The first kappa shape index (κ1) is 21.2. The summed E-state index contributed by atoms with van der Waals surface area (Å²) in [5.41, 5.74) is 7.45. The third-order valence-corrected chi connectivity index (χ3v) is 7.51. The number of piperidine rings is 1. The van der Waals surface area contributed by atoms with Crippen LogP contribution in [0.5, 0.6) is 11.5 Å². The van der Waals surface area contributed by atoms with Crippen molar-refractivity contribution in [2.75, 3.05) is 20.4 Å². The Bertz CT molecular complexity index is 1200. The maximum Gasteiger partial charge on any atom is 0.249 e. The lowest BCUT2D eigenvalue weighted by Gasteiger charge is -2.37. The lowest BCUT2D eigenvalue weighted by atomic mass is 9.81. The number of imide groups is 1. The number of nitrogens with zero attached hydrogens (tertiary/aromatic N) is 1. The minimum absolute atomic E-state index is 0.112. The van der Waals surface area contributed by atoms with Gasteiger partial charge < -0.3 is 14.8 Å². The maximum atomic E-state index is 12.5. The molecule has 2 atom stereocenters. The first-order valence-corrected chi connectivity index (χ1v) is 12.1. The van der Waals surface area contributed by atoms with Gasteiger partial charge in [-0.05, 0) is 73.5 Å². The van der Waals surface area contributed by atoms with Gasteiger partial charge in [0.05, 0.1) is 6.04 Å². The van der Waals surface area contributed by atoms with Crippen molar-refractivity contribution < 1.29 is 19.1 Å². The van der Waals surface area contributed by atoms with Gasteiger partial charge in [-0.25, -0.2) is 0 Å². The zero-order valence-electron chi connectivity index (χ0n) is 19.4. The van der Waals surface area contributed by atoms with Gasteiger partial charge in [-0.2, -0.15) is 0 Å². The molecule has 1 saturated carbocycles. The van der Waals surface area contributed by atoms with Gasteiger partial charge in [0.25, 0.3) is 0 Å². The van der Waals surface area contributed by atoms with Crippen LogP contribution in [0, 0.1) is 0 Å². The molecule has 2 amide bonds. The fourth-order valence-electron chi connectivity index (χ4n) is 5.53. The molecule has 4 aliphatic rings. The number of ether oxygens (including phenoxy) is 2. The van der Waals surface area contributed by atoms with Crippen LogP contribution in [0.1, 0.15) is 60.4 Å². The highest BCUT2D eigenvalue weighted by atomic mass is 16.7. The summed E-state index contributed by atoms with van der Waals surface area (Å²) in [4.78, 5) is 26.5. The normalized spacial score (nSPS) is 23.7. The van der Waals surface area contributed by atoms with Crippen LogP contribution in [0.2, 0.25) is 0 Å². The van der Waals surface area contributed by atoms with E-state index in [1.165, 1.54) is 34.2 Å². The van der Waals surface area contributed by atoms with Crippen LogP contribution in [0.15, 0.2) is 42.0 Å². The average Bonchev–Trinajstić information content (AvgIpc) is 3.26. The van der Waals surface area contributed by atoms with E-state index in [0.717, 1.165) is 43.0 Å². The lowest BCUT2D eigenvalue weighted by Crippen LogP contribution is -2.50. The topological polar surface area (TPSA) is 79.9 Å². The molecule has 3 heterocycles. The number of carbonyl (C=O) groups is 2. The average molecular weight is 460 g/mol. The zero-order valence-corrected chi connectivity index (χ0v) is 19.4. The van der Waals surface area contributed by atoms with Gasteiger partial charge in [-0.3, -0.25) is 19.8 Å². The predicted octanol–water partition coefficient (Wildman–Crippen LogP) is 3.28. The van der Waals surface area contributed by atoms with Gasteiger partial charge in [0, 0.05) is 24.2 Å². The third kappa shape index (κ3) is 3.64. The molecule has 176 valence electrons. The fourth-order valence-corrected chi connectivity index (χ4v) is 5.53. The minimum atomic E-state index is -0.382. The zero-order chi connectivity index (χ0) is 23.2. The third-order valence-electron chi connectivity index (χ3n) is 7.51. The van der Waals surface area contributed by atoms with Gasteiger partial charge in [0.1, 0.15) is 6.04 Å². The SMILES string of the molecule is CN1CCc2c(C(NC3CCC(=O)NC3=O)=C3CCC3)cccc2C1c1ccc2c(c1)OCO2. The summed E-state index contributed by atoms with van der Waals surface area (Å²) in [6.45, 7) is 1.20. The van der Waals surface area contributed by atoms with E-state index in [1.807, 2.05) is 6.07 Å². The molecule has 34 heavy (non-hydrogen) atoms. The van der Waals surface area contributed by atoms with Gasteiger partial charge in [0.15, 0.2) is 11.5 Å². The van der Waals surface area contributed by atoms with Crippen LogP contribution >= 0.6 is 0 Å². The van der Waals surface area contributed by atoms with Gasteiger partial charge in [-0.1, -0.05) is 24.3 Å². The molecule has 1 saturated heterocycles. The van der Waals surface area contributed by atoms with Crippen molar-refractivity contribution in [1.82, 2.24) is 15.5 Å². The number of allylic oxidation sites excluding steroid dienone is 1. The Kier molecular flexibility index (Phi) is 5.29. The largest absolute Gasteiger partial charge is 0.454 e. The second-order valence-corrected chi connectivity index (χ2v) is 9.60. The molecule has 7 nitrogen and oxygen atoms in total. The number of likely N-dealkylation sites (N-methyl/N-ethyl adjacent to an activating group) is 1. The Morgan fingerprint density at radius 1 is 1.06 bits per heavy atom. The van der Waals surface area contributed by atoms with Crippen LogP contribution in [0.25, 0.3) is 5.70 Å². The van der Waals surface area contributed by atoms with E-state index in [0.29, 0.717) is 12.8 Å². The molecule has 1 aliphatic carbocycles. The van der Waals surface area contributed by atoms with E-state index in [1.54, 1.807) is 0 Å². The quantitative estimate of drug-likeness (QED) is 0.683. The Balaban J connectivity index is 1.39. The first-order chi connectivity index (χ1) is 16.6. The summed E-state index contributed by atoms with van der Waals surface area (Å²) in [5, 5.41) is 6.05. The number of hydrogen-bond donors (Lipinski definition) is 2. The van der Waals surface area contributed by atoms with E-state index in [4.69, 9.17) is 9.47 Å². The standard InChI is InChI=1S/C27H29N3O4/c1-30-13-12-18-19(25(16-4-2-5-16)28-21-9-11-24(31)29-27(21)32)6-3-7-20(18)26(30)17-8-10-22-23(14-17)34-15-33-22/h3,6-8,10,14,21,26,28H,2,4-5,9,11-13,15H2,1H3,(H,29,31,32). The van der Waals surface area contributed by atoms with Crippen molar-refractivity contribution >= 4 is 17.5 Å². The highest BCUT2D eigenvalue weighted by Crippen LogP contribution is 2.42. The van der Waals surface area contributed by atoms with Crippen molar-refractivity contribution in [2.24, 2.45) is 0 Å². The molecule has 0 aromatic heterocycles. The summed E-state index contributed by atoms with van der Waals surface area (Å²) in [7, 11) is 2.16. The van der Waals surface area contributed by atoms with Crippen molar-refractivity contribution in [3.63, 3.8) is 0 Å². The van der Waals surface area contributed by atoms with E-state index >= 15 is 0 Å². The number of nitrogens with one attached hydrogen (secondary N) is 2. The summed E-state index contributed by atoms with van der Waals surface area (Å²) in [6, 6.07) is 12.5. The molecule has 2 N–H and O–H groups in total. The molecule has 0 spiro atoms. The summed E-state index contributed by atoms with van der Waals surface area (Å²) >= 11 is 0. The van der Waals surface area contributed by atoms with E-state index in [9.17, 15) is 9.59 Å². The molecule has 2 aromatic rings. The summed E-state index contributed by atoms with van der Waals surface area (Å²) < 4.78 is 11.2. The molecule has 0 bridgehead atoms. The number of rotatable bonds is 4. The highest BCUT2D eigenvalue weighted by molar-refractivity contribution is 6.01. The van der Waals surface area contributed by atoms with E-state index in [2.05, 4.69) is 52.9 Å². The molecule has 3 aliphatic heterocycles. The van der Waals surface area contributed by atoms with Crippen molar-refractivity contribution in [3.05, 3.63) is 64.2 Å². The molecular formula is C27H29N3O4. The molecule has 0 radical (unpaired) electrons. The van der Waals surface area contributed by atoms with Crippen LogP contribution < -0.4 is 20.1 Å². The van der Waals surface area contributed by atoms with Gasteiger partial charge in [0.2, 0.25) is 18.6 Å². The van der Waals surface area contributed by atoms with Gasteiger partial charge in [-0.15, -0.1) is 0 Å². The molecule has 7 heteroatoms. The predicted molar refractivity (Wildman–Crippen MR) is 127 cm³/mol. The number of fused-ring (bicyclic) bond motifs is 2. The molecule has 2 unspecified atom stereocenters. The summed E-state index contributed by atoms with van der Waals surface area (Å²) in [5.74, 6) is 1.18. The van der Waals surface area contributed by atoms with Crippen molar-refractivity contribution in [2.45, 2.75) is 50.6 Å². The van der Waals surface area contributed by atoms with Crippen LogP contribution in [0.4, 0.5) is 0 Å². The molecule has 6 rings (SSSR count). The monoisotopic (exact) mass is 459 g/mol. The van der Waals surface area contributed by atoms with Crippen molar-refractivity contribution in [3.8, 4) is 11.5 Å². The van der Waals surface area contributed by atoms with E-state index in [-0.39, 0.29) is 30.7 Å². The molecule has 2 fully saturated rings. The van der Waals surface area contributed by atoms with Crippen molar-refractivity contribution in [1.29, 1.82) is 0 Å². The van der Waals surface area contributed by atoms with Crippen LogP contribution in [-0.4, -0.2) is 43.1 Å². The lowest BCUT2D eigenvalue weighted by molar-refractivity contribution is -0.134. The van der Waals surface area contributed by atoms with Gasteiger partial charge >= 0.3 is 0 Å². The summed E-state index contributed by atoms with van der Waals surface area (Å²) in [6.07, 6.45) is 5.11. The second-order valence-electron chi connectivity index (χ2n) is 9.60. The Labute approximate surface area is 199 Å². The Morgan fingerprint density at radius 2 is 1.91 bits per heavy atom. The minimum Gasteiger partial charge on any atom is -0.454 e. The van der Waals surface area contributed by atoms with Crippen LogP contribution in [-0.2, 0) is 16.0 Å². The second kappa shape index (κ2) is 8.47. The Hall–Kier alpha value is -3.32. The van der Waals surface area contributed by atoms with E-state index < -0.39 is 0 Å². The number of hydrogen-bond acceptors (Lipinski definition) is 6. The molecule has 2 aromatic carbocycles. The number of carbonyl (C=O) groups excluding carboxylic acids is 2. The fraction of sp³-hybridized carbons (Fsp3) is 0.407.